The van der Waals surface area contributed by atoms with Gasteiger partial charge in [-0.25, -0.2) is 0 Å². The van der Waals surface area contributed by atoms with Gasteiger partial charge >= 0.3 is 6.01 Å². The first-order valence-corrected chi connectivity index (χ1v) is 11.3. The molecule has 0 saturated carbocycles. The predicted octanol–water partition coefficient (Wildman–Crippen LogP) is 3.14. The van der Waals surface area contributed by atoms with Crippen molar-refractivity contribution in [2.24, 2.45) is 0 Å². The van der Waals surface area contributed by atoms with E-state index in [0.717, 1.165) is 0 Å². The summed E-state index contributed by atoms with van der Waals surface area (Å²) in [6.45, 7) is -0.575. The molecule has 0 spiro atoms. The molecule has 1 unspecified atom stereocenters. The first-order chi connectivity index (χ1) is 17.8. The molecule has 1 aromatic heterocycles. The maximum atomic E-state index is 13.3. The van der Waals surface area contributed by atoms with E-state index in [9.17, 15) is 19.8 Å². The highest BCUT2D eigenvalue weighted by molar-refractivity contribution is 5.96. The van der Waals surface area contributed by atoms with Crippen LogP contribution in [-0.2, 0) is 18.0 Å². The lowest BCUT2D eigenvalue weighted by molar-refractivity contribution is -0.123. The first kappa shape index (κ1) is 25.4. The highest BCUT2D eigenvalue weighted by Gasteiger charge is 2.25. The highest BCUT2D eigenvalue weighted by atomic mass is 16.5. The zero-order valence-electron chi connectivity index (χ0n) is 20.1. The Balaban J connectivity index is 1.64. The van der Waals surface area contributed by atoms with E-state index in [1.54, 1.807) is 74.8 Å². The Morgan fingerprint density at radius 1 is 1.05 bits per heavy atom. The third kappa shape index (κ3) is 5.59. The number of ether oxygens (including phenoxy) is 1. The van der Waals surface area contributed by atoms with Crippen LogP contribution in [0.25, 0.3) is 11.1 Å². The van der Waals surface area contributed by atoms with E-state index in [4.69, 9.17) is 14.4 Å². The van der Waals surface area contributed by atoms with Crippen molar-refractivity contribution in [2.75, 3.05) is 19.4 Å². The van der Waals surface area contributed by atoms with E-state index >= 15 is 0 Å². The van der Waals surface area contributed by atoms with Crippen LogP contribution in [0.1, 0.15) is 38.7 Å². The third-order valence-corrected chi connectivity index (χ3v) is 5.62. The molecule has 4 rings (SSSR count). The fourth-order valence-electron chi connectivity index (χ4n) is 3.65. The smallest absolute Gasteiger partial charge is 0.302 e. The molecule has 0 saturated heterocycles. The third-order valence-electron chi connectivity index (χ3n) is 5.62. The molecule has 0 bridgehead atoms. The Kier molecular flexibility index (Phi) is 7.48. The van der Waals surface area contributed by atoms with E-state index in [-0.39, 0.29) is 25.1 Å². The summed E-state index contributed by atoms with van der Waals surface area (Å²) in [6, 6.07) is 17.8. The number of carbonyl (C=O) groups is 2. The standard InChI is InChI=1S/C27H24N4O6/c1-31(2)26(35)18-7-5-17(6-8-18)24(36-21-9-3-16(13-28)4-10-21)25(34)30-27-29-22-11-19(14-32)20(15-33)12-23(22)37-27/h3-12,24,32-33H,14-15H2,1-2H3,(H,29,30,34). The second kappa shape index (κ2) is 10.9. The van der Waals surface area contributed by atoms with Crippen LogP contribution in [0.15, 0.2) is 65.1 Å². The first-order valence-electron chi connectivity index (χ1n) is 11.3. The maximum Gasteiger partial charge on any atom is 0.302 e. The number of rotatable bonds is 8. The number of nitriles is 1. The number of aliphatic hydroxyl groups excluding tert-OH is 2. The monoisotopic (exact) mass is 500 g/mol. The number of amides is 2. The number of anilines is 1. The van der Waals surface area contributed by atoms with Gasteiger partial charge < -0.3 is 24.3 Å². The molecule has 0 aliphatic heterocycles. The van der Waals surface area contributed by atoms with Crippen molar-refractivity contribution in [3.8, 4) is 11.8 Å². The molecular formula is C27H24N4O6. The quantitative estimate of drug-likeness (QED) is 0.334. The molecule has 0 aliphatic rings. The van der Waals surface area contributed by atoms with Crippen LogP contribution < -0.4 is 10.1 Å². The number of nitrogens with one attached hydrogen (secondary N) is 1. The van der Waals surface area contributed by atoms with E-state index in [2.05, 4.69) is 10.3 Å². The second-order valence-corrected chi connectivity index (χ2v) is 8.37. The van der Waals surface area contributed by atoms with Gasteiger partial charge in [-0.2, -0.15) is 10.2 Å². The topological polar surface area (TPSA) is 149 Å². The van der Waals surface area contributed by atoms with E-state index in [0.29, 0.717) is 44.7 Å². The van der Waals surface area contributed by atoms with Crippen molar-refractivity contribution in [2.45, 2.75) is 19.3 Å². The fourth-order valence-corrected chi connectivity index (χ4v) is 3.65. The van der Waals surface area contributed by atoms with Gasteiger partial charge in [0.2, 0.25) is 6.10 Å². The van der Waals surface area contributed by atoms with Crippen molar-refractivity contribution in [3.05, 3.63) is 88.5 Å². The maximum absolute atomic E-state index is 13.3. The summed E-state index contributed by atoms with van der Waals surface area (Å²) in [7, 11) is 3.29. The van der Waals surface area contributed by atoms with Gasteiger partial charge in [0.15, 0.2) is 5.58 Å². The Bertz CT molecular complexity index is 1430. The van der Waals surface area contributed by atoms with Gasteiger partial charge in [-0.1, -0.05) is 12.1 Å². The SMILES string of the molecule is CN(C)C(=O)c1ccc(C(Oc2ccc(C#N)cc2)C(=O)Nc2nc3cc(CO)c(CO)cc3o2)cc1. The van der Waals surface area contributed by atoms with E-state index in [1.165, 1.54) is 4.90 Å². The number of benzene rings is 3. The van der Waals surface area contributed by atoms with Crippen molar-refractivity contribution >= 4 is 28.9 Å². The molecule has 0 fully saturated rings. The van der Waals surface area contributed by atoms with E-state index in [1.807, 2.05) is 6.07 Å². The molecule has 2 amide bonds. The van der Waals surface area contributed by atoms with Crippen LogP contribution in [0.2, 0.25) is 0 Å². The summed E-state index contributed by atoms with van der Waals surface area (Å²) in [6.07, 6.45) is -1.15. The van der Waals surface area contributed by atoms with E-state index < -0.39 is 12.0 Å². The molecule has 1 heterocycles. The van der Waals surface area contributed by atoms with Crippen LogP contribution >= 0.6 is 0 Å². The normalized spacial score (nSPS) is 11.5. The van der Waals surface area contributed by atoms with Gasteiger partial charge in [-0.15, -0.1) is 0 Å². The van der Waals surface area contributed by atoms with Crippen LogP contribution in [0.5, 0.6) is 5.75 Å². The van der Waals surface area contributed by atoms with Crippen LogP contribution in [0, 0.1) is 11.3 Å². The number of aromatic nitrogens is 1. The van der Waals surface area contributed by atoms with Crippen molar-refractivity contribution < 1.29 is 29.0 Å². The number of aliphatic hydroxyl groups is 2. The lowest BCUT2D eigenvalue weighted by Gasteiger charge is -2.19. The minimum Gasteiger partial charge on any atom is -0.476 e. The van der Waals surface area contributed by atoms with Crippen LogP contribution in [0.3, 0.4) is 0 Å². The number of oxazole rings is 1. The van der Waals surface area contributed by atoms with Crippen LogP contribution in [-0.4, -0.2) is 46.0 Å². The molecule has 188 valence electrons. The van der Waals surface area contributed by atoms with Gasteiger partial charge in [0.25, 0.3) is 11.8 Å². The summed E-state index contributed by atoms with van der Waals surface area (Å²) < 4.78 is 11.6. The van der Waals surface area contributed by atoms with Crippen molar-refractivity contribution in [1.82, 2.24) is 9.88 Å². The second-order valence-electron chi connectivity index (χ2n) is 8.37. The molecule has 4 aromatic rings. The lowest BCUT2D eigenvalue weighted by atomic mass is 10.1. The number of hydrogen-bond donors (Lipinski definition) is 3. The number of nitrogens with zero attached hydrogens (tertiary/aromatic N) is 3. The highest BCUT2D eigenvalue weighted by Crippen LogP contribution is 2.27. The summed E-state index contributed by atoms with van der Waals surface area (Å²) in [4.78, 5) is 31.3. The van der Waals surface area contributed by atoms with Crippen molar-refractivity contribution in [1.29, 1.82) is 5.26 Å². The summed E-state index contributed by atoms with van der Waals surface area (Å²) in [5, 5.41) is 30.7. The zero-order chi connectivity index (χ0) is 26.5. The molecular weight excluding hydrogens is 476 g/mol. The van der Waals surface area contributed by atoms with Gasteiger partial charge in [0.1, 0.15) is 11.3 Å². The van der Waals surface area contributed by atoms with Gasteiger partial charge in [0, 0.05) is 25.2 Å². The minimum absolute atomic E-state index is 0.0909. The Hall–Kier alpha value is -4.72. The Morgan fingerprint density at radius 3 is 2.30 bits per heavy atom. The largest absolute Gasteiger partial charge is 0.476 e. The zero-order valence-corrected chi connectivity index (χ0v) is 20.1. The summed E-state index contributed by atoms with van der Waals surface area (Å²) in [5.41, 5.74) is 3.06. The average molecular weight is 501 g/mol. The molecule has 10 nitrogen and oxygen atoms in total. The lowest BCUT2D eigenvalue weighted by Crippen LogP contribution is -2.26. The van der Waals surface area contributed by atoms with Gasteiger partial charge in [-0.3, -0.25) is 14.9 Å². The van der Waals surface area contributed by atoms with Gasteiger partial charge in [0.05, 0.1) is 24.8 Å². The predicted molar refractivity (Wildman–Crippen MR) is 133 cm³/mol. The average Bonchev–Trinajstić information content (AvgIpc) is 3.31. The number of carbonyl (C=O) groups excluding carboxylic acids is 2. The molecule has 1 atom stereocenters. The molecule has 10 heteroatoms. The molecule has 0 aliphatic carbocycles. The van der Waals surface area contributed by atoms with Gasteiger partial charge in [-0.05, 0) is 59.7 Å². The Labute approximate surface area is 212 Å². The summed E-state index contributed by atoms with van der Waals surface area (Å²) >= 11 is 0. The van der Waals surface area contributed by atoms with Crippen LogP contribution in [0.4, 0.5) is 6.01 Å². The number of hydrogen-bond acceptors (Lipinski definition) is 8. The molecule has 0 radical (unpaired) electrons. The van der Waals surface area contributed by atoms with Crippen molar-refractivity contribution in [3.63, 3.8) is 0 Å². The Morgan fingerprint density at radius 2 is 1.70 bits per heavy atom. The molecule has 37 heavy (non-hydrogen) atoms. The fraction of sp³-hybridized carbons (Fsp3) is 0.185. The molecule has 3 aromatic carbocycles. The number of fused-ring (bicyclic) bond motifs is 1. The minimum atomic E-state index is -1.15. The summed E-state index contributed by atoms with van der Waals surface area (Å²) in [5.74, 6) is -0.422. The molecule has 3 N–H and O–H groups in total.